The highest BCUT2D eigenvalue weighted by Crippen LogP contribution is 2.36. The monoisotopic (exact) mass is 446 g/mol. The van der Waals surface area contributed by atoms with E-state index in [1.54, 1.807) is 0 Å². The molecule has 1 aliphatic carbocycles. The van der Waals surface area contributed by atoms with E-state index in [0.717, 1.165) is 29.8 Å². The summed E-state index contributed by atoms with van der Waals surface area (Å²) in [6.45, 7) is 5.42. The Bertz CT molecular complexity index is 1230. The van der Waals surface area contributed by atoms with Crippen LogP contribution in [0.5, 0.6) is 0 Å². The van der Waals surface area contributed by atoms with E-state index in [0.29, 0.717) is 23.8 Å². The molecule has 5 rings (SSSR count). The fourth-order valence-electron chi connectivity index (χ4n) is 4.80. The lowest BCUT2D eigenvalue weighted by Gasteiger charge is -2.27. The molecule has 0 spiro atoms. The van der Waals surface area contributed by atoms with Crippen LogP contribution < -0.4 is 5.32 Å². The molecule has 6 heteroatoms. The van der Waals surface area contributed by atoms with Gasteiger partial charge in [0.25, 0.3) is 5.89 Å². The normalized spacial score (nSPS) is 16.1. The number of fused-ring (bicyclic) bond motifs is 2. The molecule has 32 heavy (non-hydrogen) atoms. The third-order valence-corrected chi connectivity index (χ3v) is 7.01. The van der Waals surface area contributed by atoms with Crippen molar-refractivity contribution in [3.8, 4) is 22.8 Å². The molecule has 5 nitrogen and oxygen atoms in total. The van der Waals surface area contributed by atoms with E-state index < -0.39 is 0 Å². The number of aromatic nitrogens is 3. The number of thioether (sulfide) groups is 1. The van der Waals surface area contributed by atoms with E-state index in [1.807, 2.05) is 11.8 Å². The van der Waals surface area contributed by atoms with Gasteiger partial charge in [0.15, 0.2) is 0 Å². The Labute approximate surface area is 193 Å². The molecule has 1 unspecified atom stereocenters. The van der Waals surface area contributed by atoms with Gasteiger partial charge in [-0.2, -0.15) is 16.7 Å². The lowest BCUT2D eigenvalue weighted by molar-refractivity contribution is 0.432. The largest absolute Gasteiger partial charge is 0.345 e. The molecule has 1 aliphatic rings. The van der Waals surface area contributed by atoms with E-state index in [4.69, 9.17) is 9.51 Å². The van der Waals surface area contributed by atoms with Gasteiger partial charge in [-0.3, -0.25) is 0 Å². The average Bonchev–Trinajstić information content (AvgIpc) is 3.46. The molecule has 1 atom stereocenters. The molecule has 4 aromatic rings. The average molecular weight is 447 g/mol. The van der Waals surface area contributed by atoms with Crippen LogP contribution >= 0.6 is 11.8 Å². The van der Waals surface area contributed by atoms with Crippen LogP contribution in [0, 0.1) is 0 Å². The number of hydrogen-bond donors (Lipinski definition) is 1. The summed E-state index contributed by atoms with van der Waals surface area (Å²) in [7, 11) is 0. The molecule has 0 aliphatic heterocycles. The standard InChI is InChI=1S/C26H30N4OS/c1-17(2)30-14-12-18-16-19(10-11-24(18)30)26-28-25(29-31-26)22-8-4-7-21-20(22)6-5-9-23(21)27-13-15-32-3/h4,7-8,10-12,14,16-17,23,27H,5-6,9,13,15H2,1-3H3. The van der Waals surface area contributed by atoms with Crippen molar-refractivity contribution in [1.82, 2.24) is 20.0 Å². The SMILES string of the molecule is CSCCNC1CCCc2c(-c3noc(-c4ccc5c(ccn5C(C)C)c4)n3)cccc21. The lowest BCUT2D eigenvalue weighted by atomic mass is 9.84. The van der Waals surface area contributed by atoms with Crippen LogP contribution in [0.1, 0.15) is 49.9 Å². The first-order chi connectivity index (χ1) is 15.7. The molecule has 0 fully saturated rings. The number of nitrogens with zero attached hydrogens (tertiary/aromatic N) is 3. The molecule has 1 N–H and O–H groups in total. The first-order valence-electron chi connectivity index (χ1n) is 11.4. The van der Waals surface area contributed by atoms with Gasteiger partial charge in [0, 0.05) is 52.6 Å². The van der Waals surface area contributed by atoms with Gasteiger partial charge in [0.2, 0.25) is 5.82 Å². The van der Waals surface area contributed by atoms with Crippen LogP contribution in [0.25, 0.3) is 33.7 Å². The van der Waals surface area contributed by atoms with Crippen LogP contribution in [0.2, 0.25) is 0 Å². The zero-order valence-corrected chi connectivity index (χ0v) is 19.8. The zero-order valence-electron chi connectivity index (χ0n) is 19.0. The fourth-order valence-corrected chi connectivity index (χ4v) is 5.12. The molecule has 2 heterocycles. The van der Waals surface area contributed by atoms with Crippen molar-refractivity contribution in [3.05, 3.63) is 59.8 Å². The zero-order chi connectivity index (χ0) is 22.1. The minimum absolute atomic E-state index is 0.407. The quantitative estimate of drug-likeness (QED) is 0.339. The Morgan fingerprint density at radius 1 is 1.22 bits per heavy atom. The molecule has 166 valence electrons. The minimum atomic E-state index is 0.407. The van der Waals surface area contributed by atoms with Gasteiger partial charge in [-0.15, -0.1) is 0 Å². The van der Waals surface area contributed by atoms with Gasteiger partial charge in [0.05, 0.1) is 0 Å². The highest BCUT2D eigenvalue weighted by Gasteiger charge is 2.24. The molecule has 0 amide bonds. The Balaban J connectivity index is 1.45. The topological polar surface area (TPSA) is 55.9 Å². The first kappa shape index (κ1) is 21.3. The molecule has 0 saturated carbocycles. The summed E-state index contributed by atoms with van der Waals surface area (Å²) in [5.74, 6) is 2.38. The van der Waals surface area contributed by atoms with Crippen molar-refractivity contribution in [2.45, 2.75) is 45.2 Å². The molecular weight excluding hydrogens is 416 g/mol. The van der Waals surface area contributed by atoms with E-state index in [1.165, 1.54) is 34.9 Å². The number of rotatable bonds is 7. The second kappa shape index (κ2) is 9.12. The first-order valence-corrected chi connectivity index (χ1v) is 12.8. The predicted octanol–water partition coefficient (Wildman–Crippen LogP) is 6.27. The smallest absolute Gasteiger partial charge is 0.258 e. The van der Waals surface area contributed by atoms with Gasteiger partial charge < -0.3 is 14.4 Å². The summed E-state index contributed by atoms with van der Waals surface area (Å²) in [5, 5.41) is 9.29. The Kier molecular flexibility index (Phi) is 6.07. The Morgan fingerprint density at radius 3 is 2.97 bits per heavy atom. The van der Waals surface area contributed by atoms with Gasteiger partial charge in [-0.1, -0.05) is 23.4 Å². The molecule has 0 radical (unpaired) electrons. The third kappa shape index (κ3) is 3.97. The number of benzene rings is 2. The number of nitrogens with one attached hydrogen (secondary N) is 1. The third-order valence-electron chi connectivity index (χ3n) is 6.39. The van der Waals surface area contributed by atoms with Crippen molar-refractivity contribution in [3.63, 3.8) is 0 Å². The molecular formula is C26H30N4OS. The molecule has 2 aromatic heterocycles. The summed E-state index contributed by atoms with van der Waals surface area (Å²) in [4.78, 5) is 4.80. The summed E-state index contributed by atoms with van der Waals surface area (Å²) >= 11 is 1.88. The maximum Gasteiger partial charge on any atom is 0.258 e. The van der Waals surface area contributed by atoms with Gasteiger partial charge >= 0.3 is 0 Å². The summed E-state index contributed by atoms with van der Waals surface area (Å²) in [6, 6.07) is 15.8. The summed E-state index contributed by atoms with van der Waals surface area (Å²) in [5.41, 5.74) is 6.02. The van der Waals surface area contributed by atoms with Gasteiger partial charge in [-0.05, 0) is 74.8 Å². The van der Waals surface area contributed by atoms with Crippen LogP contribution in [0.3, 0.4) is 0 Å². The van der Waals surface area contributed by atoms with Crippen LogP contribution in [-0.2, 0) is 6.42 Å². The minimum Gasteiger partial charge on any atom is -0.345 e. The highest BCUT2D eigenvalue weighted by atomic mass is 32.2. The van der Waals surface area contributed by atoms with Crippen LogP contribution in [0.4, 0.5) is 0 Å². The predicted molar refractivity (Wildman–Crippen MR) is 133 cm³/mol. The lowest BCUT2D eigenvalue weighted by Crippen LogP contribution is -2.27. The molecule has 0 saturated heterocycles. The van der Waals surface area contributed by atoms with Crippen molar-refractivity contribution in [1.29, 1.82) is 0 Å². The Morgan fingerprint density at radius 2 is 2.12 bits per heavy atom. The molecule has 2 aromatic carbocycles. The second-order valence-corrected chi connectivity index (χ2v) is 9.76. The van der Waals surface area contributed by atoms with E-state index in [-0.39, 0.29) is 0 Å². The highest BCUT2D eigenvalue weighted by molar-refractivity contribution is 7.98. The second-order valence-electron chi connectivity index (χ2n) is 8.78. The van der Waals surface area contributed by atoms with Crippen LogP contribution in [0.15, 0.2) is 53.2 Å². The maximum atomic E-state index is 5.72. The van der Waals surface area contributed by atoms with Gasteiger partial charge in [0.1, 0.15) is 0 Å². The van der Waals surface area contributed by atoms with Gasteiger partial charge in [-0.25, -0.2) is 0 Å². The van der Waals surface area contributed by atoms with Crippen molar-refractivity contribution in [2.24, 2.45) is 0 Å². The van der Waals surface area contributed by atoms with Crippen LogP contribution in [-0.4, -0.2) is 33.3 Å². The molecule has 0 bridgehead atoms. The Hall–Kier alpha value is -2.57. The number of hydrogen-bond acceptors (Lipinski definition) is 5. The van der Waals surface area contributed by atoms with E-state index in [9.17, 15) is 0 Å². The summed E-state index contributed by atoms with van der Waals surface area (Å²) in [6.07, 6.45) is 7.70. The van der Waals surface area contributed by atoms with E-state index in [2.05, 4.69) is 83.8 Å². The van der Waals surface area contributed by atoms with Crippen molar-refractivity contribution in [2.75, 3.05) is 18.6 Å². The van der Waals surface area contributed by atoms with Crippen molar-refractivity contribution < 1.29 is 4.52 Å². The fraction of sp³-hybridized carbons (Fsp3) is 0.385. The summed E-state index contributed by atoms with van der Waals surface area (Å²) < 4.78 is 8.00. The van der Waals surface area contributed by atoms with E-state index >= 15 is 0 Å². The maximum absolute atomic E-state index is 5.72. The van der Waals surface area contributed by atoms with Crippen molar-refractivity contribution >= 4 is 22.7 Å².